The first kappa shape index (κ1) is 16.5. The number of rotatable bonds is 4. The van der Waals surface area contributed by atoms with E-state index in [0.29, 0.717) is 6.61 Å². The standard InChI is InChI=1S/C18H14NO3.2CH3.Au/c1-2-20-16-6-4-3-5-13(16)12-7-8-19-15-10-18-17(9-14(12)15)21-11-22-18;;;/h3,5-10H,2,11H2,1H3;2*1H3;. The van der Waals surface area contributed by atoms with Gasteiger partial charge in [-0.15, -0.1) is 0 Å². The van der Waals surface area contributed by atoms with Crippen molar-refractivity contribution in [2.24, 2.45) is 0 Å². The van der Waals surface area contributed by atoms with Crippen LogP contribution in [0.3, 0.4) is 0 Å². The normalized spacial score (nSPS) is 13.2. The van der Waals surface area contributed by atoms with E-state index in [-0.39, 0.29) is 6.79 Å². The number of hydrogen-bond donors (Lipinski definition) is 0. The molecule has 4 rings (SSSR count). The molecule has 5 heteroatoms. The fourth-order valence-corrected chi connectivity index (χ4v) is 4.75. The van der Waals surface area contributed by atoms with Gasteiger partial charge in [-0.2, -0.15) is 0 Å². The summed E-state index contributed by atoms with van der Waals surface area (Å²) in [6.45, 7) is 2.93. The van der Waals surface area contributed by atoms with Crippen molar-refractivity contribution in [3.05, 3.63) is 42.6 Å². The Kier molecular flexibility index (Phi) is 4.42. The summed E-state index contributed by atoms with van der Waals surface area (Å²) < 4.78 is 18.4. The van der Waals surface area contributed by atoms with Crippen LogP contribution in [0.5, 0.6) is 17.2 Å². The number of aromatic nitrogens is 1. The van der Waals surface area contributed by atoms with E-state index in [9.17, 15) is 0 Å². The SMILES string of the molecule is CCOc1c[c]([Au]([CH3])[CH3])ccc1-c1ccnc2cc3c(cc12)OCO3. The van der Waals surface area contributed by atoms with Gasteiger partial charge in [0.05, 0.1) is 0 Å². The van der Waals surface area contributed by atoms with Gasteiger partial charge in [0.2, 0.25) is 0 Å². The maximum absolute atomic E-state index is 5.97. The van der Waals surface area contributed by atoms with Crippen LogP contribution in [-0.2, 0) is 18.4 Å². The van der Waals surface area contributed by atoms with Crippen LogP contribution in [0, 0.1) is 0 Å². The van der Waals surface area contributed by atoms with Crippen molar-refractivity contribution in [1.82, 2.24) is 4.98 Å². The van der Waals surface area contributed by atoms with Crippen molar-refractivity contribution in [3.8, 4) is 28.4 Å². The Balaban J connectivity index is 1.92. The average Bonchev–Trinajstić information content (AvgIpc) is 3.07. The molecule has 0 atom stereocenters. The first-order valence-corrected chi connectivity index (χ1v) is 13.4. The molecule has 0 saturated heterocycles. The molecular formula is C20H20AuNO3. The Hall–Kier alpha value is -2.01. The topological polar surface area (TPSA) is 40.6 Å². The van der Waals surface area contributed by atoms with Crippen molar-refractivity contribution >= 4 is 14.7 Å². The van der Waals surface area contributed by atoms with Crippen LogP contribution in [0.15, 0.2) is 42.6 Å². The Morgan fingerprint density at radius 1 is 1.04 bits per heavy atom. The molecule has 134 valence electrons. The summed E-state index contributed by atoms with van der Waals surface area (Å²) in [6.07, 6.45) is 1.83. The van der Waals surface area contributed by atoms with E-state index in [1.165, 1.54) is 3.78 Å². The van der Waals surface area contributed by atoms with Gasteiger partial charge in [0.15, 0.2) is 0 Å². The monoisotopic (exact) mass is 519 g/mol. The molecule has 0 fully saturated rings. The molecular weight excluding hydrogens is 499 g/mol. The van der Waals surface area contributed by atoms with Crippen molar-refractivity contribution < 1.29 is 32.7 Å². The molecule has 0 N–H and O–H groups in total. The number of ether oxygens (including phenoxy) is 3. The summed E-state index contributed by atoms with van der Waals surface area (Å²) in [7, 11) is 0. The molecule has 2 heterocycles. The van der Waals surface area contributed by atoms with Crippen LogP contribution in [0.25, 0.3) is 22.0 Å². The maximum atomic E-state index is 5.97. The van der Waals surface area contributed by atoms with Gasteiger partial charge in [0.1, 0.15) is 0 Å². The zero-order chi connectivity index (χ0) is 17.4. The second kappa shape index (κ2) is 6.71. The molecule has 1 aromatic heterocycles. The van der Waals surface area contributed by atoms with Crippen LogP contribution in [0.1, 0.15) is 6.92 Å². The minimum atomic E-state index is -0.976. The fraction of sp³-hybridized carbons (Fsp3) is 0.250. The second-order valence-electron chi connectivity index (χ2n) is 5.71. The second-order valence-corrected chi connectivity index (χ2v) is 11.3. The van der Waals surface area contributed by atoms with Crippen LogP contribution in [0.4, 0.5) is 0 Å². The molecule has 4 nitrogen and oxygen atoms in total. The molecule has 0 unspecified atom stereocenters. The van der Waals surface area contributed by atoms with E-state index < -0.39 is 18.4 Å². The molecule has 0 aliphatic carbocycles. The quantitative estimate of drug-likeness (QED) is 0.481. The van der Waals surface area contributed by atoms with Crippen LogP contribution < -0.4 is 18.0 Å². The first-order valence-electron chi connectivity index (χ1n) is 7.94. The molecule has 0 bridgehead atoms. The molecule has 25 heavy (non-hydrogen) atoms. The summed E-state index contributed by atoms with van der Waals surface area (Å²) >= 11 is -0.976. The Labute approximate surface area is 153 Å². The van der Waals surface area contributed by atoms with Gasteiger partial charge in [-0.05, 0) is 0 Å². The van der Waals surface area contributed by atoms with Crippen molar-refractivity contribution in [2.45, 2.75) is 17.2 Å². The molecule has 1 aliphatic heterocycles. The third-order valence-electron chi connectivity index (χ3n) is 4.09. The van der Waals surface area contributed by atoms with Crippen LogP contribution in [-0.4, -0.2) is 18.4 Å². The van der Waals surface area contributed by atoms with Gasteiger partial charge in [-0.25, -0.2) is 0 Å². The molecule has 1 aliphatic rings. The van der Waals surface area contributed by atoms with Gasteiger partial charge in [0, 0.05) is 0 Å². The van der Waals surface area contributed by atoms with E-state index in [4.69, 9.17) is 14.2 Å². The third-order valence-corrected chi connectivity index (χ3v) is 7.27. The summed E-state index contributed by atoms with van der Waals surface area (Å²) in [6, 6.07) is 12.6. The van der Waals surface area contributed by atoms with E-state index in [1.807, 2.05) is 31.3 Å². The van der Waals surface area contributed by atoms with E-state index in [0.717, 1.165) is 39.3 Å². The van der Waals surface area contributed by atoms with Crippen molar-refractivity contribution in [3.63, 3.8) is 0 Å². The summed E-state index contributed by atoms with van der Waals surface area (Å²) in [5, 5.41) is 5.72. The zero-order valence-electron chi connectivity index (χ0n) is 14.4. The van der Waals surface area contributed by atoms with Crippen molar-refractivity contribution in [1.29, 1.82) is 0 Å². The first-order chi connectivity index (χ1) is 12.2. The summed E-state index contributed by atoms with van der Waals surface area (Å²) in [4.78, 5) is 4.50. The number of nitrogens with zero attached hydrogens (tertiary/aromatic N) is 1. The Bertz CT molecular complexity index is 940. The van der Waals surface area contributed by atoms with Gasteiger partial charge in [0.25, 0.3) is 0 Å². The molecule has 0 spiro atoms. The van der Waals surface area contributed by atoms with Crippen LogP contribution >= 0.6 is 0 Å². The van der Waals surface area contributed by atoms with E-state index >= 15 is 0 Å². The number of pyridine rings is 1. The number of benzene rings is 2. The predicted molar refractivity (Wildman–Crippen MR) is 95.8 cm³/mol. The third kappa shape index (κ3) is 3.01. The van der Waals surface area contributed by atoms with E-state index in [2.05, 4.69) is 33.5 Å². The van der Waals surface area contributed by atoms with E-state index in [1.54, 1.807) is 0 Å². The van der Waals surface area contributed by atoms with Crippen LogP contribution in [0.2, 0.25) is 10.3 Å². The molecule has 0 amide bonds. The minimum absolute atomic E-state index is 0.263. The number of hydrogen-bond acceptors (Lipinski definition) is 4. The zero-order valence-corrected chi connectivity index (χ0v) is 16.6. The fourth-order valence-electron chi connectivity index (χ4n) is 2.94. The van der Waals surface area contributed by atoms with Gasteiger partial charge < -0.3 is 0 Å². The van der Waals surface area contributed by atoms with Gasteiger partial charge in [-0.3, -0.25) is 0 Å². The molecule has 0 saturated carbocycles. The Morgan fingerprint density at radius 3 is 2.60 bits per heavy atom. The summed E-state index contributed by atoms with van der Waals surface area (Å²) in [5.41, 5.74) is 3.09. The molecule has 2 aromatic carbocycles. The van der Waals surface area contributed by atoms with Gasteiger partial charge >= 0.3 is 154 Å². The number of fused-ring (bicyclic) bond motifs is 2. The molecule has 0 radical (unpaired) electrons. The van der Waals surface area contributed by atoms with Crippen molar-refractivity contribution in [2.75, 3.05) is 13.4 Å². The predicted octanol–water partition coefficient (Wildman–Crippen LogP) is 4.37. The van der Waals surface area contributed by atoms with Gasteiger partial charge in [-0.1, -0.05) is 0 Å². The average molecular weight is 519 g/mol. The Morgan fingerprint density at radius 2 is 1.84 bits per heavy atom. The molecule has 3 aromatic rings. The summed E-state index contributed by atoms with van der Waals surface area (Å²) in [5.74, 6) is 2.46.